The number of carboxylic acid groups (broad SMARTS) is 1. The normalized spacial score (nSPS) is 21.0. The number of hydrogen-bond acceptors (Lipinski definition) is 5. The molecule has 1 unspecified atom stereocenters. The molecule has 1 fully saturated rings. The molecule has 1 aromatic rings. The molecule has 0 aromatic heterocycles. The van der Waals surface area contributed by atoms with Crippen molar-refractivity contribution in [2.24, 2.45) is 0 Å². The highest BCUT2D eigenvalue weighted by atomic mass is 32.2. The lowest BCUT2D eigenvalue weighted by Crippen LogP contribution is -2.18. The predicted molar refractivity (Wildman–Crippen MR) is 67.6 cm³/mol. The van der Waals surface area contributed by atoms with Crippen molar-refractivity contribution in [2.45, 2.75) is 12.5 Å². The topological polar surface area (TPSA) is 89.9 Å². The van der Waals surface area contributed by atoms with Gasteiger partial charge in [-0.15, -0.1) is 0 Å². The first kappa shape index (κ1) is 13.7. The number of carbonyl (C=O) groups is 1. The van der Waals surface area contributed by atoms with Crippen molar-refractivity contribution in [3.63, 3.8) is 0 Å². The standard InChI is InChI=1S/C12H14O6S/c1-17-11-6-8(12(13)14)2-3-10(11)18-9-4-5-19(15,16)7-9/h2-3,6,9H,4-5,7H2,1H3,(H,13,14). The molecule has 1 aromatic carbocycles. The molecule has 1 saturated heterocycles. The maximum Gasteiger partial charge on any atom is 0.335 e. The second-order valence-electron chi connectivity index (χ2n) is 4.31. The molecule has 104 valence electrons. The summed E-state index contributed by atoms with van der Waals surface area (Å²) < 4.78 is 33.3. The van der Waals surface area contributed by atoms with Crippen molar-refractivity contribution in [2.75, 3.05) is 18.6 Å². The van der Waals surface area contributed by atoms with Gasteiger partial charge in [-0.1, -0.05) is 0 Å². The zero-order valence-electron chi connectivity index (χ0n) is 10.3. The second-order valence-corrected chi connectivity index (χ2v) is 6.54. The average Bonchev–Trinajstić information content (AvgIpc) is 2.69. The van der Waals surface area contributed by atoms with E-state index in [1.165, 1.54) is 25.3 Å². The van der Waals surface area contributed by atoms with Crippen molar-refractivity contribution in [1.29, 1.82) is 0 Å². The number of aromatic carboxylic acids is 1. The van der Waals surface area contributed by atoms with Crippen LogP contribution in [0.4, 0.5) is 0 Å². The number of hydrogen-bond donors (Lipinski definition) is 1. The molecule has 0 saturated carbocycles. The monoisotopic (exact) mass is 286 g/mol. The maximum atomic E-state index is 11.3. The van der Waals surface area contributed by atoms with Gasteiger partial charge in [-0.2, -0.15) is 0 Å². The van der Waals surface area contributed by atoms with Gasteiger partial charge in [0.15, 0.2) is 21.3 Å². The van der Waals surface area contributed by atoms with Crippen molar-refractivity contribution in [3.8, 4) is 11.5 Å². The van der Waals surface area contributed by atoms with E-state index in [-0.39, 0.29) is 22.8 Å². The Morgan fingerprint density at radius 3 is 2.63 bits per heavy atom. The van der Waals surface area contributed by atoms with E-state index in [0.29, 0.717) is 12.2 Å². The molecule has 1 aliphatic heterocycles. The van der Waals surface area contributed by atoms with Crippen molar-refractivity contribution >= 4 is 15.8 Å². The maximum absolute atomic E-state index is 11.3. The van der Waals surface area contributed by atoms with Gasteiger partial charge in [0.05, 0.1) is 24.2 Å². The molecule has 0 radical (unpaired) electrons. The molecule has 1 aliphatic rings. The highest BCUT2D eigenvalue weighted by Gasteiger charge is 2.30. The molecule has 1 N–H and O–H groups in total. The summed E-state index contributed by atoms with van der Waals surface area (Å²) in [6, 6.07) is 4.22. The SMILES string of the molecule is COc1cc(C(=O)O)ccc1OC1CCS(=O)(=O)C1. The van der Waals surface area contributed by atoms with E-state index in [1.807, 2.05) is 0 Å². The summed E-state index contributed by atoms with van der Waals surface area (Å²) in [6.45, 7) is 0. The van der Waals surface area contributed by atoms with Gasteiger partial charge in [-0.25, -0.2) is 13.2 Å². The van der Waals surface area contributed by atoms with E-state index in [9.17, 15) is 13.2 Å². The number of carboxylic acids is 1. The first-order valence-corrected chi connectivity index (χ1v) is 7.52. The van der Waals surface area contributed by atoms with E-state index >= 15 is 0 Å². The van der Waals surface area contributed by atoms with Gasteiger partial charge >= 0.3 is 5.97 Å². The van der Waals surface area contributed by atoms with Crippen LogP contribution in [-0.2, 0) is 9.84 Å². The van der Waals surface area contributed by atoms with E-state index in [1.54, 1.807) is 0 Å². The Labute approximate surface area is 110 Å². The third-order valence-electron chi connectivity index (χ3n) is 2.89. The summed E-state index contributed by atoms with van der Waals surface area (Å²) in [5.41, 5.74) is 0.0863. The fraction of sp³-hybridized carbons (Fsp3) is 0.417. The Hall–Kier alpha value is -1.76. The van der Waals surface area contributed by atoms with Crippen LogP contribution in [0.15, 0.2) is 18.2 Å². The molecule has 1 atom stereocenters. The summed E-state index contributed by atoms with van der Waals surface area (Å²) in [5, 5.41) is 8.87. The highest BCUT2D eigenvalue weighted by molar-refractivity contribution is 7.91. The lowest BCUT2D eigenvalue weighted by molar-refractivity contribution is 0.0696. The lowest BCUT2D eigenvalue weighted by atomic mass is 10.2. The van der Waals surface area contributed by atoms with Crippen molar-refractivity contribution < 1.29 is 27.8 Å². The minimum Gasteiger partial charge on any atom is -0.493 e. The Bertz CT molecular complexity index is 592. The minimum atomic E-state index is -3.02. The van der Waals surface area contributed by atoms with Gasteiger partial charge in [0.25, 0.3) is 0 Å². The molecule has 0 bridgehead atoms. The molecule has 7 heteroatoms. The summed E-state index contributed by atoms with van der Waals surface area (Å²) in [5.74, 6) is -0.323. The fourth-order valence-corrected chi connectivity index (χ4v) is 3.52. The van der Waals surface area contributed by atoms with Crippen LogP contribution in [0.25, 0.3) is 0 Å². The molecule has 0 aliphatic carbocycles. The summed E-state index contributed by atoms with van der Waals surface area (Å²) in [7, 11) is -1.61. The third-order valence-corrected chi connectivity index (χ3v) is 4.63. The molecule has 0 amide bonds. The summed E-state index contributed by atoms with van der Waals surface area (Å²) in [4.78, 5) is 10.8. The van der Waals surface area contributed by atoms with Gasteiger partial charge in [-0.05, 0) is 24.6 Å². The Morgan fingerprint density at radius 1 is 1.37 bits per heavy atom. The van der Waals surface area contributed by atoms with Crippen LogP contribution >= 0.6 is 0 Å². The van der Waals surface area contributed by atoms with Crippen LogP contribution in [0.5, 0.6) is 11.5 Å². The highest BCUT2D eigenvalue weighted by Crippen LogP contribution is 2.30. The number of ether oxygens (including phenoxy) is 2. The minimum absolute atomic E-state index is 0.0170. The van der Waals surface area contributed by atoms with E-state index < -0.39 is 21.9 Å². The van der Waals surface area contributed by atoms with Crippen molar-refractivity contribution in [3.05, 3.63) is 23.8 Å². The van der Waals surface area contributed by atoms with Gasteiger partial charge in [0, 0.05) is 0 Å². The largest absolute Gasteiger partial charge is 0.493 e. The third kappa shape index (κ3) is 3.17. The Balaban J connectivity index is 2.19. The second kappa shape index (κ2) is 5.08. The van der Waals surface area contributed by atoms with Crippen LogP contribution in [0.3, 0.4) is 0 Å². The van der Waals surface area contributed by atoms with Crippen molar-refractivity contribution in [1.82, 2.24) is 0 Å². The first-order valence-electron chi connectivity index (χ1n) is 5.70. The van der Waals surface area contributed by atoms with Gasteiger partial charge in [0.2, 0.25) is 0 Å². The number of sulfone groups is 1. The lowest BCUT2D eigenvalue weighted by Gasteiger charge is -2.15. The molecule has 19 heavy (non-hydrogen) atoms. The zero-order valence-corrected chi connectivity index (χ0v) is 11.1. The van der Waals surface area contributed by atoms with Crippen LogP contribution in [-0.4, -0.2) is 44.2 Å². The van der Waals surface area contributed by atoms with Crippen LogP contribution in [0.1, 0.15) is 16.8 Å². The molecular formula is C12H14O6S. The Morgan fingerprint density at radius 2 is 2.11 bits per heavy atom. The quantitative estimate of drug-likeness (QED) is 0.886. The first-order chi connectivity index (χ1) is 8.91. The molecule has 6 nitrogen and oxygen atoms in total. The molecule has 0 spiro atoms. The van der Waals surface area contributed by atoms with Gasteiger partial charge in [0.1, 0.15) is 6.10 Å². The van der Waals surface area contributed by atoms with Crippen LogP contribution < -0.4 is 9.47 Å². The molecule has 2 rings (SSSR count). The van der Waals surface area contributed by atoms with Gasteiger partial charge < -0.3 is 14.6 Å². The molecule has 1 heterocycles. The predicted octanol–water partition coefficient (Wildman–Crippen LogP) is 0.959. The smallest absolute Gasteiger partial charge is 0.335 e. The number of benzene rings is 1. The van der Waals surface area contributed by atoms with E-state index in [0.717, 1.165) is 0 Å². The van der Waals surface area contributed by atoms with Gasteiger partial charge in [-0.3, -0.25) is 0 Å². The van der Waals surface area contributed by atoms with Crippen LogP contribution in [0.2, 0.25) is 0 Å². The number of rotatable bonds is 4. The summed E-state index contributed by atoms with van der Waals surface area (Å²) >= 11 is 0. The van der Waals surface area contributed by atoms with E-state index in [4.69, 9.17) is 14.6 Å². The molecular weight excluding hydrogens is 272 g/mol. The Kier molecular flexibility index (Phi) is 3.66. The number of methoxy groups -OCH3 is 1. The average molecular weight is 286 g/mol. The zero-order chi connectivity index (χ0) is 14.0. The van der Waals surface area contributed by atoms with Crippen LogP contribution in [0, 0.1) is 0 Å². The van der Waals surface area contributed by atoms with E-state index in [2.05, 4.69) is 0 Å². The fourth-order valence-electron chi connectivity index (χ4n) is 1.93. The summed E-state index contributed by atoms with van der Waals surface area (Å²) in [6.07, 6.45) is 0.0289.